The van der Waals surface area contributed by atoms with E-state index in [0.717, 1.165) is 25.7 Å². The highest BCUT2D eigenvalue weighted by molar-refractivity contribution is 6.31. The van der Waals surface area contributed by atoms with Crippen molar-refractivity contribution in [2.24, 2.45) is 5.92 Å². The molecule has 0 amide bonds. The van der Waals surface area contributed by atoms with Crippen LogP contribution >= 0.6 is 11.6 Å². The van der Waals surface area contributed by atoms with E-state index in [1.165, 1.54) is 18.6 Å². The zero-order valence-electron chi connectivity index (χ0n) is 10.9. The molecule has 2 unspecified atom stereocenters. The second kappa shape index (κ2) is 6.69. The monoisotopic (exact) mass is 286 g/mol. The molecule has 1 aliphatic rings. The van der Waals surface area contributed by atoms with Crippen molar-refractivity contribution in [3.63, 3.8) is 0 Å². The van der Waals surface area contributed by atoms with Crippen LogP contribution in [0, 0.1) is 11.7 Å². The first-order valence-electron chi connectivity index (χ1n) is 6.88. The third-order valence-electron chi connectivity index (χ3n) is 4.00. The molecule has 2 nitrogen and oxygen atoms in total. The number of hydrogen-bond donors (Lipinski definition) is 2. The van der Waals surface area contributed by atoms with E-state index in [9.17, 15) is 14.6 Å². The maximum absolute atomic E-state index is 13.6. The molecule has 4 heteroatoms. The molecule has 0 aliphatic heterocycles. The fourth-order valence-electron chi connectivity index (χ4n) is 2.85. The summed E-state index contributed by atoms with van der Waals surface area (Å²) < 4.78 is 13.6. The lowest BCUT2D eigenvalue weighted by Gasteiger charge is -2.30. The molecule has 1 fully saturated rings. The summed E-state index contributed by atoms with van der Waals surface area (Å²) in [5.41, 5.74) is 0.284. The molecule has 1 aromatic rings. The quantitative estimate of drug-likeness (QED) is 0.891. The van der Waals surface area contributed by atoms with Crippen molar-refractivity contribution in [1.29, 1.82) is 0 Å². The number of aliphatic hydroxyl groups excluding tert-OH is 2. The molecule has 1 aromatic carbocycles. The Labute approximate surface area is 118 Å². The number of halogens is 2. The van der Waals surface area contributed by atoms with Gasteiger partial charge < -0.3 is 10.2 Å². The lowest BCUT2D eigenvalue weighted by Crippen LogP contribution is -2.36. The van der Waals surface area contributed by atoms with Crippen molar-refractivity contribution in [1.82, 2.24) is 0 Å². The largest absolute Gasteiger partial charge is 0.390 e. The zero-order chi connectivity index (χ0) is 13.8. The van der Waals surface area contributed by atoms with Gasteiger partial charge >= 0.3 is 0 Å². The molecule has 2 rings (SSSR count). The zero-order valence-corrected chi connectivity index (χ0v) is 11.6. The molecular weight excluding hydrogens is 267 g/mol. The molecular formula is C15H20ClFO2. The fourth-order valence-corrected chi connectivity index (χ4v) is 3.09. The van der Waals surface area contributed by atoms with E-state index in [1.807, 2.05) is 0 Å². The van der Waals surface area contributed by atoms with Crippen molar-refractivity contribution in [2.45, 2.75) is 50.7 Å². The number of benzene rings is 1. The van der Waals surface area contributed by atoms with Gasteiger partial charge in [-0.1, -0.05) is 36.9 Å². The van der Waals surface area contributed by atoms with Gasteiger partial charge in [-0.15, -0.1) is 0 Å². The minimum atomic E-state index is -0.961. The molecule has 1 saturated carbocycles. The van der Waals surface area contributed by atoms with E-state index in [4.69, 9.17) is 11.6 Å². The Morgan fingerprint density at radius 1 is 1.21 bits per heavy atom. The summed E-state index contributed by atoms with van der Waals surface area (Å²) in [7, 11) is 0. The smallest absolute Gasteiger partial charge is 0.127 e. The summed E-state index contributed by atoms with van der Waals surface area (Å²) in [5, 5.41) is 20.6. The average molecular weight is 287 g/mol. The van der Waals surface area contributed by atoms with Crippen LogP contribution in [0.15, 0.2) is 18.2 Å². The highest BCUT2D eigenvalue weighted by Gasteiger charge is 2.28. The Balaban J connectivity index is 2.01. The van der Waals surface area contributed by atoms with Crippen molar-refractivity contribution in [3.05, 3.63) is 34.6 Å². The molecule has 0 saturated heterocycles. The second-order valence-electron chi connectivity index (χ2n) is 5.36. The van der Waals surface area contributed by atoms with E-state index in [2.05, 4.69) is 0 Å². The van der Waals surface area contributed by atoms with Crippen LogP contribution in [0.5, 0.6) is 0 Å². The first-order chi connectivity index (χ1) is 9.09. The standard InChI is InChI=1S/C15H20ClFO2/c16-12-7-4-8-13(17)11(12)9-14(18)15(19)10-5-2-1-3-6-10/h4,7-8,10,14-15,18-19H,1-3,5-6,9H2. The predicted octanol–water partition coefficient (Wildman–Crippen LogP) is 3.32. The minimum Gasteiger partial charge on any atom is -0.390 e. The van der Waals surface area contributed by atoms with Crippen LogP contribution in [0.4, 0.5) is 4.39 Å². The number of hydrogen-bond acceptors (Lipinski definition) is 2. The van der Waals surface area contributed by atoms with Crippen LogP contribution in [0.1, 0.15) is 37.7 Å². The maximum Gasteiger partial charge on any atom is 0.127 e. The van der Waals surface area contributed by atoms with E-state index in [0.29, 0.717) is 5.02 Å². The molecule has 1 aliphatic carbocycles. The summed E-state index contributed by atoms with van der Waals surface area (Å²) in [6, 6.07) is 4.45. The minimum absolute atomic E-state index is 0.0587. The topological polar surface area (TPSA) is 40.5 Å². The molecule has 106 valence electrons. The molecule has 0 heterocycles. The molecule has 0 radical (unpaired) electrons. The lowest BCUT2D eigenvalue weighted by atomic mass is 9.82. The highest BCUT2D eigenvalue weighted by Crippen LogP contribution is 2.29. The average Bonchev–Trinajstić information content (AvgIpc) is 2.43. The van der Waals surface area contributed by atoms with Crippen molar-refractivity contribution < 1.29 is 14.6 Å². The van der Waals surface area contributed by atoms with Gasteiger partial charge in [-0.3, -0.25) is 0 Å². The summed E-state index contributed by atoms with van der Waals surface area (Å²) in [5.74, 6) is -0.309. The summed E-state index contributed by atoms with van der Waals surface area (Å²) in [6.07, 6.45) is 3.55. The van der Waals surface area contributed by atoms with E-state index in [1.54, 1.807) is 6.07 Å². The third-order valence-corrected chi connectivity index (χ3v) is 4.36. The van der Waals surface area contributed by atoms with Gasteiger partial charge in [0, 0.05) is 17.0 Å². The van der Waals surface area contributed by atoms with Crippen molar-refractivity contribution in [3.8, 4) is 0 Å². The summed E-state index contributed by atoms with van der Waals surface area (Å²) in [4.78, 5) is 0. The van der Waals surface area contributed by atoms with Crippen LogP contribution in [0.3, 0.4) is 0 Å². The van der Waals surface area contributed by atoms with Gasteiger partial charge in [0.2, 0.25) is 0 Å². The van der Waals surface area contributed by atoms with Gasteiger partial charge in [0.15, 0.2) is 0 Å². The van der Waals surface area contributed by atoms with Crippen LogP contribution < -0.4 is 0 Å². The summed E-state index contributed by atoms with van der Waals surface area (Å²) >= 11 is 5.93. The number of rotatable bonds is 4. The number of aliphatic hydroxyl groups is 2. The predicted molar refractivity (Wildman–Crippen MR) is 73.7 cm³/mol. The summed E-state index contributed by atoms with van der Waals surface area (Å²) in [6.45, 7) is 0. The normalized spacial score (nSPS) is 20.2. The van der Waals surface area contributed by atoms with Crippen LogP contribution in [0.25, 0.3) is 0 Å². The first kappa shape index (κ1) is 14.8. The second-order valence-corrected chi connectivity index (χ2v) is 5.77. The first-order valence-corrected chi connectivity index (χ1v) is 7.26. The lowest BCUT2D eigenvalue weighted by molar-refractivity contribution is -0.0266. The highest BCUT2D eigenvalue weighted by atomic mass is 35.5. The van der Waals surface area contributed by atoms with E-state index in [-0.39, 0.29) is 17.9 Å². The van der Waals surface area contributed by atoms with Crippen LogP contribution in [-0.4, -0.2) is 22.4 Å². The van der Waals surface area contributed by atoms with E-state index >= 15 is 0 Å². The van der Waals surface area contributed by atoms with Crippen LogP contribution in [-0.2, 0) is 6.42 Å². The van der Waals surface area contributed by atoms with Gasteiger partial charge in [0.25, 0.3) is 0 Å². The molecule has 19 heavy (non-hydrogen) atoms. The van der Waals surface area contributed by atoms with Gasteiger partial charge in [0.1, 0.15) is 5.82 Å². The Hall–Kier alpha value is -0.640. The van der Waals surface area contributed by atoms with E-state index < -0.39 is 18.0 Å². The maximum atomic E-state index is 13.6. The van der Waals surface area contributed by atoms with Crippen molar-refractivity contribution in [2.75, 3.05) is 0 Å². The SMILES string of the molecule is OC(Cc1c(F)cccc1Cl)C(O)C1CCCCC1. The Morgan fingerprint density at radius 2 is 1.89 bits per heavy atom. The molecule has 0 aromatic heterocycles. The Morgan fingerprint density at radius 3 is 2.53 bits per heavy atom. The van der Waals surface area contributed by atoms with Gasteiger partial charge in [-0.25, -0.2) is 4.39 Å². The van der Waals surface area contributed by atoms with Gasteiger partial charge in [0.05, 0.1) is 12.2 Å². The van der Waals surface area contributed by atoms with Crippen LogP contribution in [0.2, 0.25) is 5.02 Å². The molecule has 0 bridgehead atoms. The van der Waals surface area contributed by atoms with Gasteiger partial charge in [-0.05, 0) is 30.9 Å². The van der Waals surface area contributed by atoms with Gasteiger partial charge in [-0.2, -0.15) is 0 Å². The molecule has 0 spiro atoms. The van der Waals surface area contributed by atoms with Crippen molar-refractivity contribution >= 4 is 11.6 Å². The third kappa shape index (κ3) is 3.68. The Kier molecular flexibility index (Phi) is 5.20. The Bertz CT molecular complexity index is 398. The fraction of sp³-hybridized carbons (Fsp3) is 0.600. The molecule has 2 atom stereocenters. The molecule has 2 N–H and O–H groups in total.